The standard InChI is InChI=1S/C45H27N5/c46-26-29-20-21-44-39(22-29)38-16-5-6-17-41(38)49(44)33-11-9-10-30(23-33)34-12-1-2-13-35(34)40-24-31(27-47)32(28-48)25-45(40)50-42-18-7-3-14-36(42)37-15-4-8-19-43(37)50/h1-4,6-15,17-25H,5,16H2. The summed E-state index contributed by atoms with van der Waals surface area (Å²) in [4.78, 5) is 0. The van der Waals surface area contributed by atoms with Crippen molar-refractivity contribution in [2.75, 3.05) is 0 Å². The maximum absolute atomic E-state index is 10.2. The van der Waals surface area contributed by atoms with Gasteiger partial charge in [0.15, 0.2) is 0 Å². The fourth-order valence-electron chi connectivity index (χ4n) is 7.72. The zero-order chi connectivity index (χ0) is 33.8. The third kappa shape index (κ3) is 4.37. The minimum absolute atomic E-state index is 0.337. The molecule has 0 N–H and O–H groups in total. The van der Waals surface area contributed by atoms with Crippen molar-refractivity contribution in [3.05, 3.63) is 161 Å². The normalized spacial score (nSPS) is 12.1. The van der Waals surface area contributed by atoms with Crippen LogP contribution in [0.15, 0.2) is 133 Å². The summed E-state index contributed by atoms with van der Waals surface area (Å²) in [6.07, 6.45) is 6.32. The zero-order valence-corrected chi connectivity index (χ0v) is 26.9. The van der Waals surface area contributed by atoms with Crippen LogP contribution in [0.4, 0.5) is 0 Å². The predicted molar refractivity (Wildman–Crippen MR) is 200 cm³/mol. The molecule has 0 fully saturated rings. The van der Waals surface area contributed by atoms with Gasteiger partial charge in [-0.3, -0.25) is 0 Å². The molecular weight excluding hydrogens is 611 g/mol. The molecule has 1 aliphatic carbocycles. The number of nitrogens with zero attached hydrogens (tertiary/aromatic N) is 5. The summed E-state index contributed by atoms with van der Waals surface area (Å²) < 4.78 is 4.52. The van der Waals surface area contributed by atoms with Gasteiger partial charge in [0.1, 0.15) is 12.1 Å². The molecule has 0 unspecified atom stereocenters. The maximum atomic E-state index is 10.2. The quantitative estimate of drug-likeness (QED) is 0.193. The van der Waals surface area contributed by atoms with Crippen molar-refractivity contribution in [1.82, 2.24) is 9.13 Å². The van der Waals surface area contributed by atoms with Crippen molar-refractivity contribution in [2.45, 2.75) is 12.8 Å². The largest absolute Gasteiger partial charge is 0.310 e. The van der Waals surface area contributed by atoms with Crippen LogP contribution < -0.4 is 0 Å². The number of hydrogen-bond donors (Lipinski definition) is 0. The van der Waals surface area contributed by atoms with Gasteiger partial charge in [-0.05, 0) is 95.8 Å². The Morgan fingerprint density at radius 3 is 1.94 bits per heavy atom. The van der Waals surface area contributed by atoms with Gasteiger partial charge in [0.05, 0.1) is 45.0 Å². The number of fused-ring (bicyclic) bond motifs is 6. The molecule has 1 aliphatic rings. The highest BCUT2D eigenvalue weighted by atomic mass is 15.0. The first-order valence-corrected chi connectivity index (χ1v) is 16.6. The van der Waals surface area contributed by atoms with Crippen molar-refractivity contribution in [2.24, 2.45) is 0 Å². The molecule has 0 aliphatic heterocycles. The topological polar surface area (TPSA) is 81.2 Å². The van der Waals surface area contributed by atoms with Gasteiger partial charge in [-0.15, -0.1) is 0 Å². The van der Waals surface area contributed by atoms with Gasteiger partial charge < -0.3 is 9.13 Å². The molecule has 5 nitrogen and oxygen atoms in total. The van der Waals surface area contributed by atoms with Crippen LogP contribution in [0.25, 0.3) is 72.4 Å². The molecule has 6 aromatic carbocycles. The van der Waals surface area contributed by atoms with E-state index < -0.39 is 0 Å². The summed E-state index contributed by atoms with van der Waals surface area (Å²) >= 11 is 0. The molecule has 232 valence electrons. The molecule has 2 heterocycles. The van der Waals surface area contributed by atoms with E-state index in [-0.39, 0.29) is 0 Å². The van der Waals surface area contributed by atoms with E-state index in [0.717, 1.165) is 84.9 Å². The molecular formula is C45H27N5. The Balaban J connectivity index is 1.29. The summed E-state index contributed by atoms with van der Waals surface area (Å²) in [5.41, 5.74) is 12.6. The number of allylic oxidation sites excluding steroid dienone is 1. The van der Waals surface area contributed by atoms with Crippen LogP contribution in [0.3, 0.4) is 0 Å². The Kier molecular flexibility index (Phi) is 6.70. The van der Waals surface area contributed by atoms with Crippen molar-refractivity contribution in [3.8, 4) is 51.8 Å². The first-order chi connectivity index (χ1) is 24.7. The molecule has 5 heteroatoms. The lowest BCUT2D eigenvalue weighted by Crippen LogP contribution is -2.02. The third-order valence-electron chi connectivity index (χ3n) is 9.91. The molecule has 9 rings (SSSR count). The number of para-hydroxylation sites is 2. The van der Waals surface area contributed by atoms with Gasteiger partial charge in [-0.25, -0.2) is 0 Å². The predicted octanol–water partition coefficient (Wildman–Crippen LogP) is 10.6. The summed E-state index contributed by atoms with van der Waals surface area (Å²) in [6, 6.07) is 50.0. The van der Waals surface area contributed by atoms with Gasteiger partial charge in [0.25, 0.3) is 0 Å². The van der Waals surface area contributed by atoms with Crippen molar-refractivity contribution >= 4 is 38.8 Å². The second-order valence-corrected chi connectivity index (χ2v) is 12.6. The van der Waals surface area contributed by atoms with Gasteiger partial charge in [0.2, 0.25) is 0 Å². The van der Waals surface area contributed by atoms with E-state index in [1.54, 1.807) is 0 Å². The van der Waals surface area contributed by atoms with E-state index in [9.17, 15) is 15.8 Å². The molecule has 2 aromatic heterocycles. The Bertz CT molecular complexity index is 2810. The molecule has 0 atom stereocenters. The summed E-state index contributed by atoms with van der Waals surface area (Å²) in [7, 11) is 0. The third-order valence-corrected chi connectivity index (χ3v) is 9.91. The highest BCUT2D eigenvalue weighted by molar-refractivity contribution is 6.10. The molecule has 8 aromatic rings. The van der Waals surface area contributed by atoms with Crippen LogP contribution in [0.2, 0.25) is 0 Å². The van der Waals surface area contributed by atoms with Crippen LogP contribution in [0.1, 0.15) is 34.4 Å². The summed E-state index contributed by atoms with van der Waals surface area (Å²) in [5.74, 6) is 0. The Morgan fingerprint density at radius 1 is 0.520 bits per heavy atom. The van der Waals surface area contributed by atoms with Gasteiger partial charge in [-0.1, -0.05) is 78.9 Å². The highest BCUT2D eigenvalue weighted by Gasteiger charge is 2.22. The molecule has 0 spiro atoms. The van der Waals surface area contributed by atoms with E-state index in [1.165, 1.54) is 5.56 Å². The maximum Gasteiger partial charge on any atom is 0.101 e. The van der Waals surface area contributed by atoms with E-state index >= 15 is 0 Å². The van der Waals surface area contributed by atoms with Gasteiger partial charge >= 0.3 is 0 Å². The van der Waals surface area contributed by atoms with Crippen LogP contribution in [0, 0.1) is 34.0 Å². The van der Waals surface area contributed by atoms with Crippen LogP contribution in [-0.2, 0) is 6.42 Å². The summed E-state index contributed by atoms with van der Waals surface area (Å²) in [6.45, 7) is 0. The van der Waals surface area contributed by atoms with E-state index in [0.29, 0.717) is 16.7 Å². The van der Waals surface area contributed by atoms with E-state index in [4.69, 9.17) is 0 Å². The van der Waals surface area contributed by atoms with Crippen molar-refractivity contribution in [3.63, 3.8) is 0 Å². The fraction of sp³-hybridized carbons (Fsp3) is 0.0444. The molecule has 0 amide bonds. The molecule has 0 bridgehead atoms. The Morgan fingerprint density at radius 2 is 1.20 bits per heavy atom. The van der Waals surface area contributed by atoms with Crippen LogP contribution in [0.5, 0.6) is 0 Å². The summed E-state index contributed by atoms with van der Waals surface area (Å²) in [5, 5.41) is 33.4. The second kappa shape index (κ2) is 11.5. The first-order valence-electron chi connectivity index (χ1n) is 16.6. The number of hydrogen-bond acceptors (Lipinski definition) is 3. The van der Waals surface area contributed by atoms with Gasteiger partial charge in [0, 0.05) is 33.1 Å². The molecule has 0 saturated heterocycles. The first kappa shape index (κ1) is 29.0. The lowest BCUT2D eigenvalue weighted by Gasteiger charge is -2.19. The zero-order valence-electron chi connectivity index (χ0n) is 26.9. The molecule has 0 saturated carbocycles. The van der Waals surface area contributed by atoms with Crippen LogP contribution in [-0.4, -0.2) is 9.13 Å². The van der Waals surface area contributed by atoms with Crippen molar-refractivity contribution in [1.29, 1.82) is 15.8 Å². The average molecular weight is 638 g/mol. The number of rotatable bonds is 4. The number of benzene rings is 6. The number of aryl methyl sites for hydroxylation is 1. The fourth-order valence-corrected chi connectivity index (χ4v) is 7.72. The van der Waals surface area contributed by atoms with E-state index in [1.807, 2.05) is 60.7 Å². The Hall–Kier alpha value is -7.13. The van der Waals surface area contributed by atoms with E-state index in [2.05, 4.69) is 106 Å². The molecule has 0 radical (unpaired) electrons. The lowest BCUT2D eigenvalue weighted by molar-refractivity contribution is 0.968. The van der Waals surface area contributed by atoms with Crippen LogP contribution >= 0.6 is 0 Å². The number of aromatic nitrogens is 2. The smallest absolute Gasteiger partial charge is 0.101 e. The molecule has 50 heavy (non-hydrogen) atoms. The van der Waals surface area contributed by atoms with Gasteiger partial charge in [-0.2, -0.15) is 15.8 Å². The lowest BCUT2D eigenvalue weighted by atomic mass is 9.91. The SMILES string of the molecule is N#Cc1ccc2c(c1)c1c(n2-c2cccc(-c3ccccc3-c3cc(C#N)c(C#N)cc3-n3c4ccccc4c4ccccc43)c2)C=CCC1. The number of nitriles is 3. The monoisotopic (exact) mass is 637 g/mol. The second-order valence-electron chi connectivity index (χ2n) is 12.6. The highest BCUT2D eigenvalue weighted by Crippen LogP contribution is 2.42. The van der Waals surface area contributed by atoms with Crippen molar-refractivity contribution < 1.29 is 0 Å². The Labute approximate surface area is 289 Å². The minimum atomic E-state index is 0.337. The minimum Gasteiger partial charge on any atom is -0.310 e. The average Bonchev–Trinajstić information content (AvgIpc) is 3.70.